The number of hydrogen-bond acceptors (Lipinski definition) is 3. The number of rotatable bonds is 10. The maximum atomic E-state index is 12.0. The summed E-state index contributed by atoms with van der Waals surface area (Å²) < 4.78 is 0. The molecule has 6 nitrogen and oxygen atoms in total. The summed E-state index contributed by atoms with van der Waals surface area (Å²) in [5.41, 5.74) is 1.74. The molecule has 0 heterocycles. The molecule has 0 radical (unpaired) electrons. The molecule has 0 aromatic heterocycles. The zero-order valence-corrected chi connectivity index (χ0v) is 16.4. The van der Waals surface area contributed by atoms with E-state index in [1.807, 2.05) is 55.5 Å². The molecule has 1 atom stereocenters. The minimum atomic E-state index is -0.0603. The Hall–Kier alpha value is -2.86. The summed E-state index contributed by atoms with van der Waals surface area (Å²) in [5.74, 6) is 0.628. The average molecular weight is 383 g/mol. The minimum absolute atomic E-state index is 0.0261. The first kappa shape index (κ1) is 21.4. The summed E-state index contributed by atoms with van der Waals surface area (Å²) in [4.78, 5) is 16.6. The van der Waals surface area contributed by atoms with Crippen LogP contribution in [0.2, 0.25) is 0 Å². The number of carbonyl (C=O) groups excluding carboxylic acids is 1. The van der Waals surface area contributed by atoms with E-state index in [2.05, 4.69) is 20.9 Å². The van der Waals surface area contributed by atoms with Crippen LogP contribution >= 0.6 is 0 Å². The van der Waals surface area contributed by atoms with Crippen LogP contribution in [0.4, 0.5) is 0 Å². The van der Waals surface area contributed by atoms with Gasteiger partial charge >= 0.3 is 0 Å². The van der Waals surface area contributed by atoms with Gasteiger partial charge in [0.2, 0.25) is 0 Å². The van der Waals surface area contributed by atoms with Gasteiger partial charge in [-0.15, -0.1) is 0 Å². The fourth-order valence-electron chi connectivity index (χ4n) is 2.73. The van der Waals surface area contributed by atoms with Gasteiger partial charge in [0.05, 0.1) is 13.2 Å². The summed E-state index contributed by atoms with van der Waals surface area (Å²) in [6.07, 6.45) is 0.783. The standard InChI is InChI=1S/C22H30N4O2/c1-2-23-22(26-16-20(17-27)18-10-5-3-6-11-18)25-15-9-14-24-21(28)19-12-7-4-8-13-19/h3-8,10-13,20,27H,2,9,14-17H2,1H3,(H,24,28)(H2,23,25,26). The predicted molar refractivity (Wildman–Crippen MR) is 114 cm³/mol. The molecular formula is C22H30N4O2. The minimum Gasteiger partial charge on any atom is -0.396 e. The van der Waals surface area contributed by atoms with E-state index in [1.54, 1.807) is 12.1 Å². The normalized spacial score (nSPS) is 12.3. The van der Waals surface area contributed by atoms with Gasteiger partial charge in [-0.3, -0.25) is 9.79 Å². The van der Waals surface area contributed by atoms with E-state index >= 15 is 0 Å². The van der Waals surface area contributed by atoms with Crippen molar-refractivity contribution in [2.24, 2.45) is 4.99 Å². The molecule has 1 unspecified atom stereocenters. The molecule has 28 heavy (non-hydrogen) atoms. The molecule has 2 rings (SSSR count). The lowest BCUT2D eigenvalue weighted by Crippen LogP contribution is -2.39. The molecule has 1 amide bonds. The molecule has 150 valence electrons. The number of benzene rings is 2. The second-order valence-electron chi connectivity index (χ2n) is 6.41. The Balaban J connectivity index is 1.75. The molecule has 0 bridgehead atoms. The number of aliphatic hydroxyl groups is 1. The van der Waals surface area contributed by atoms with Gasteiger partial charge in [-0.05, 0) is 31.0 Å². The highest BCUT2D eigenvalue weighted by Crippen LogP contribution is 2.14. The third-order valence-electron chi connectivity index (χ3n) is 4.27. The fraction of sp³-hybridized carbons (Fsp3) is 0.364. The van der Waals surface area contributed by atoms with Crippen molar-refractivity contribution in [1.29, 1.82) is 0 Å². The topological polar surface area (TPSA) is 85.8 Å². The Morgan fingerprint density at radius 2 is 1.61 bits per heavy atom. The number of nitrogens with zero attached hydrogens (tertiary/aromatic N) is 1. The molecule has 2 aromatic carbocycles. The Morgan fingerprint density at radius 3 is 2.25 bits per heavy atom. The van der Waals surface area contributed by atoms with Gasteiger partial charge in [0.25, 0.3) is 5.91 Å². The first-order chi connectivity index (χ1) is 13.7. The van der Waals surface area contributed by atoms with Crippen molar-refractivity contribution in [1.82, 2.24) is 16.0 Å². The van der Waals surface area contributed by atoms with Crippen molar-refractivity contribution in [3.8, 4) is 0 Å². The lowest BCUT2D eigenvalue weighted by molar-refractivity contribution is 0.0953. The van der Waals surface area contributed by atoms with Gasteiger partial charge < -0.3 is 21.1 Å². The predicted octanol–water partition coefficient (Wildman–Crippen LogP) is 2.14. The highest BCUT2D eigenvalue weighted by Gasteiger charge is 2.10. The molecule has 0 spiro atoms. The van der Waals surface area contributed by atoms with E-state index < -0.39 is 0 Å². The molecule has 0 fully saturated rings. The van der Waals surface area contributed by atoms with E-state index in [1.165, 1.54) is 0 Å². The monoisotopic (exact) mass is 382 g/mol. The Morgan fingerprint density at radius 1 is 0.964 bits per heavy atom. The first-order valence-electron chi connectivity index (χ1n) is 9.75. The van der Waals surface area contributed by atoms with E-state index in [0.29, 0.717) is 31.2 Å². The maximum Gasteiger partial charge on any atom is 0.251 e. The van der Waals surface area contributed by atoms with E-state index in [4.69, 9.17) is 0 Å². The molecule has 2 aromatic rings. The molecular weight excluding hydrogens is 352 g/mol. The third-order valence-corrected chi connectivity index (χ3v) is 4.27. The smallest absolute Gasteiger partial charge is 0.251 e. The quantitative estimate of drug-likeness (QED) is 0.288. The van der Waals surface area contributed by atoms with Gasteiger partial charge in [-0.1, -0.05) is 48.5 Å². The fourth-order valence-corrected chi connectivity index (χ4v) is 2.73. The van der Waals surface area contributed by atoms with Crippen molar-refractivity contribution >= 4 is 11.9 Å². The molecule has 6 heteroatoms. The number of guanidine groups is 1. The summed E-state index contributed by atoms with van der Waals surface area (Å²) >= 11 is 0. The third kappa shape index (κ3) is 7.40. The van der Waals surface area contributed by atoms with Gasteiger partial charge in [0, 0.05) is 31.1 Å². The van der Waals surface area contributed by atoms with Crippen molar-refractivity contribution in [2.45, 2.75) is 19.3 Å². The van der Waals surface area contributed by atoms with Crippen molar-refractivity contribution < 1.29 is 9.90 Å². The van der Waals surface area contributed by atoms with E-state index in [0.717, 1.165) is 18.5 Å². The van der Waals surface area contributed by atoms with Gasteiger partial charge in [-0.2, -0.15) is 0 Å². The van der Waals surface area contributed by atoms with Crippen LogP contribution in [0.3, 0.4) is 0 Å². The maximum absolute atomic E-state index is 12.0. The molecule has 0 saturated heterocycles. The van der Waals surface area contributed by atoms with Crippen molar-refractivity contribution in [3.05, 3.63) is 71.8 Å². The summed E-state index contributed by atoms with van der Waals surface area (Å²) in [7, 11) is 0. The van der Waals surface area contributed by atoms with Crippen LogP contribution in [0.15, 0.2) is 65.7 Å². The lowest BCUT2D eigenvalue weighted by atomic mass is 10.0. The van der Waals surface area contributed by atoms with Crippen LogP contribution in [0.25, 0.3) is 0 Å². The summed E-state index contributed by atoms with van der Waals surface area (Å²) in [5, 5.41) is 19.1. The largest absolute Gasteiger partial charge is 0.396 e. The zero-order valence-electron chi connectivity index (χ0n) is 16.4. The number of carbonyl (C=O) groups is 1. The van der Waals surface area contributed by atoms with Crippen molar-refractivity contribution in [3.63, 3.8) is 0 Å². The number of amides is 1. The van der Waals surface area contributed by atoms with Crippen LogP contribution in [0, 0.1) is 0 Å². The number of hydrogen-bond donors (Lipinski definition) is 4. The van der Waals surface area contributed by atoms with E-state index in [-0.39, 0.29) is 18.4 Å². The first-order valence-corrected chi connectivity index (χ1v) is 9.75. The SMILES string of the molecule is CCNC(=NCC(CO)c1ccccc1)NCCCNC(=O)c1ccccc1. The van der Waals surface area contributed by atoms with Crippen LogP contribution in [0.5, 0.6) is 0 Å². The number of nitrogens with one attached hydrogen (secondary N) is 3. The zero-order chi connectivity index (χ0) is 20.0. The Kier molecular flexibility index (Phi) is 9.58. The van der Waals surface area contributed by atoms with Crippen LogP contribution < -0.4 is 16.0 Å². The lowest BCUT2D eigenvalue weighted by Gasteiger charge is -2.15. The van der Waals surface area contributed by atoms with Gasteiger partial charge in [-0.25, -0.2) is 0 Å². The highest BCUT2D eigenvalue weighted by atomic mass is 16.3. The Labute approximate surface area is 167 Å². The average Bonchev–Trinajstić information content (AvgIpc) is 2.75. The molecule has 0 aliphatic carbocycles. The number of aliphatic imine (C=N–C) groups is 1. The van der Waals surface area contributed by atoms with Crippen LogP contribution in [-0.4, -0.2) is 49.8 Å². The molecule has 0 aliphatic heterocycles. The van der Waals surface area contributed by atoms with Gasteiger partial charge in [0.15, 0.2) is 5.96 Å². The summed E-state index contributed by atoms with van der Waals surface area (Å²) in [6.45, 7) is 4.60. The van der Waals surface area contributed by atoms with Gasteiger partial charge in [0.1, 0.15) is 0 Å². The number of aliphatic hydroxyl groups excluding tert-OH is 1. The second-order valence-corrected chi connectivity index (χ2v) is 6.41. The van der Waals surface area contributed by atoms with E-state index in [9.17, 15) is 9.90 Å². The Bertz CT molecular complexity index is 720. The van der Waals surface area contributed by atoms with Crippen LogP contribution in [-0.2, 0) is 0 Å². The molecule has 0 aliphatic rings. The second kappa shape index (κ2) is 12.5. The molecule has 0 saturated carbocycles. The highest BCUT2D eigenvalue weighted by molar-refractivity contribution is 5.94. The van der Waals surface area contributed by atoms with Crippen molar-refractivity contribution in [2.75, 3.05) is 32.8 Å². The summed E-state index contributed by atoms with van der Waals surface area (Å²) in [6, 6.07) is 19.1. The van der Waals surface area contributed by atoms with Crippen LogP contribution in [0.1, 0.15) is 35.2 Å². The molecule has 4 N–H and O–H groups in total.